The highest BCUT2D eigenvalue weighted by molar-refractivity contribution is 5.85. The smallest absolute Gasteiger partial charge is 0.153 e. The summed E-state index contributed by atoms with van der Waals surface area (Å²) < 4.78 is 3.97. The first-order valence-corrected chi connectivity index (χ1v) is 6.17. The van der Waals surface area contributed by atoms with Crippen LogP contribution in [-0.2, 0) is 7.05 Å². The van der Waals surface area contributed by atoms with E-state index in [2.05, 4.69) is 29.6 Å². The Hall–Kier alpha value is -2.36. The maximum Gasteiger partial charge on any atom is 0.153 e. The summed E-state index contributed by atoms with van der Waals surface area (Å²) in [7, 11) is 2.01. The summed E-state index contributed by atoms with van der Waals surface area (Å²) >= 11 is 0. The molecule has 0 atom stereocenters. The van der Waals surface area contributed by atoms with E-state index in [1.807, 2.05) is 29.9 Å². The number of imidazole rings is 1. The zero-order chi connectivity index (χ0) is 13.6. The number of aromatic nitrogens is 3. The molecule has 4 nitrogen and oxygen atoms in total. The third kappa shape index (κ3) is 1.68. The molecular weight excluding hydrogens is 238 g/mol. The minimum absolute atomic E-state index is 0.609. The van der Waals surface area contributed by atoms with Crippen molar-refractivity contribution in [2.45, 2.75) is 13.8 Å². The Morgan fingerprint density at radius 1 is 1.26 bits per heavy atom. The molecule has 0 amide bonds. The molecule has 0 N–H and O–H groups in total. The Kier molecular flexibility index (Phi) is 2.52. The lowest BCUT2D eigenvalue weighted by Crippen LogP contribution is -1.91. The van der Waals surface area contributed by atoms with Gasteiger partial charge in [0.15, 0.2) is 6.29 Å². The van der Waals surface area contributed by atoms with Crippen molar-refractivity contribution < 1.29 is 4.79 Å². The second-order valence-corrected chi connectivity index (χ2v) is 4.84. The van der Waals surface area contributed by atoms with Crippen LogP contribution in [0.3, 0.4) is 0 Å². The number of pyridine rings is 1. The Morgan fingerprint density at radius 3 is 2.68 bits per heavy atom. The van der Waals surface area contributed by atoms with Gasteiger partial charge < -0.3 is 8.97 Å². The molecule has 0 aliphatic carbocycles. The minimum Gasteiger partial charge on any atom is -0.349 e. The topological polar surface area (TPSA) is 39.3 Å². The molecule has 0 fully saturated rings. The summed E-state index contributed by atoms with van der Waals surface area (Å²) in [5.41, 5.74) is 5.76. The van der Waals surface area contributed by atoms with Gasteiger partial charge in [0.1, 0.15) is 11.3 Å². The lowest BCUT2D eigenvalue weighted by Gasteiger charge is -2.00. The van der Waals surface area contributed by atoms with Crippen molar-refractivity contribution in [2.24, 2.45) is 7.05 Å². The van der Waals surface area contributed by atoms with E-state index in [0.29, 0.717) is 11.2 Å². The molecule has 3 heterocycles. The van der Waals surface area contributed by atoms with Gasteiger partial charge in [0.2, 0.25) is 0 Å². The van der Waals surface area contributed by atoms with Gasteiger partial charge in [-0.1, -0.05) is 0 Å². The predicted molar refractivity (Wildman–Crippen MR) is 74.5 cm³/mol. The molecule has 3 rings (SSSR count). The van der Waals surface area contributed by atoms with E-state index in [1.165, 1.54) is 11.1 Å². The maximum atomic E-state index is 11.0. The van der Waals surface area contributed by atoms with Crippen LogP contribution in [0.1, 0.15) is 21.5 Å². The number of carbonyl (C=O) groups excluding carboxylic acids is 1. The van der Waals surface area contributed by atoms with Gasteiger partial charge in [0.05, 0.1) is 11.3 Å². The van der Waals surface area contributed by atoms with Gasteiger partial charge in [-0.25, -0.2) is 4.98 Å². The largest absolute Gasteiger partial charge is 0.349 e. The summed E-state index contributed by atoms with van der Waals surface area (Å²) in [4.78, 5) is 15.6. The van der Waals surface area contributed by atoms with Crippen molar-refractivity contribution in [3.05, 3.63) is 47.4 Å². The van der Waals surface area contributed by atoms with Crippen molar-refractivity contribution in [1.29, 1.82) is 0 Å². The molecule has 0 unspecified atom stereocenters. The number of aryl methyl sites for hydroxylation is 2. The fourth-order valence-corrected chi connectivity index (χ4v) is 2.52. The third-order valence-corrected chi connectivity index (χ3v) is 3.57. The third-order valence-electron chi connectivity index (χ3n) is 3.57. The van der Waals surface area contributed by atoms with E-state index in [-0.39, 0.29) is 0 Å². The summed E-state index contributed by atoms with van der Waals surface area (Å²) in [5.74, 6) is 0. The van der Waals surface area contributed by atoms with Gasteiger partial charge in [-0.3, -0.25) is 4.79 Å². The lowest BCUT2D eigenvalue weighted by atomic mass is 10.1. The molecule has 0 saturated carbocycles. The van der Waals surface area contributed by atoms with Crippen molar-refractivity contribution in [1.82, 2.24) is 14.0 Å². The zero-order valence-electron chi connectivity index (χ0n) is 11.2. The van der Waals surface area contributed by atoms with Crippen LogP contribution < -0.4 is 0 Å². The Morgan fingerprint density at radius 2 is 2.05 bits per heavy atom. The van der Waals surface area contributed by atoms with Crippen LogP contribution in [0, 0.1) is 13.8 Å². The van der Waals surface area contributed by atoms with Crippen molar-refractivity contribution >= 4 is 11.9 Å². The first kappa shape index (κ1) is 11.7. The predicted octanol–water partition coefficient (Wildman–Crippen LogP) is 2.77. The summed E-state index contributed by atoms with van der Waals surface area (Å²) in [6.45, 7) is 4.18. The first-order valence-electron chi connectivity index (χ1n) is 6.17. The molecule has 0 saturated heterocycles. The van der Waals surface area contributed by atoms with Crippen molar-refractivity contribution in [3.8, 4) is 11.4 Å². The fraction of sp³-hybridized carbons (Fsp3) is 0.200. The molecule has 3 aromatic heterocycles. The normalized spacial score (nSPS) is 11.1. The van der Waals surface area contributed by atoms with E-state index >= 15 is 0 Å². The standard InChI is InChI=1S/C15H15N3O/c1-10-7-17(3)14(11(10)2)13-8-18-6-4-5-12(9-19)15(18)16-13/h4-9H,1-3H3. The number of hydrogen-bond acceptors (Lipinski definition) is 2. The van der Waals surface area contributed by atoms with Crippen LogP contribution in [0.4, 0.5) is 0 Å². The van der Waals surface area contributed by atoms with E-state index in [0.717, 1.165) is 17.7 Å². The van der Waals surface area contributed by atoms with Gasteiger partial charge in [0.25, 0.3) is 0 Å². The molecule has 0 bridgehead atoms. The summed E-state index contributed by atoms with van der Waals surface area (Å²) in [5, 5.41) is 0. The Labute approximate surface area is 111 Å². The Bertz CT molecular complexity index is 780. The van der Waals surface area contributed by atoms with Crippen LogP contribution in [0.2, 0.25) is 0 Å². The van der Waals surface area contributed by atoms with Gasteiger partial charge in [-0.15, -0.1) is 0 Å². The van der Waals surface area contributed by atoms with Gasteiger partial charge in [-0.2, -0.15) is 0 Å². The number of rotatable bonds is 2. The van der Waals surface area contributed by atoms with E-state index in [1.54, 1.807) is 6.07 Å². The molecule has 0 spiro atoms. The fourth-order valence-electron chi connectivity index (χ4n) is 2.52. The van der Waals surface area contributed by atoms with Crippen LogP contribution in [0.25, 0.3) is 17.0 Å². The lowest BCUT2D eigenvalue weighted by molar-refractivity contribution is 0.112. The second kappa shape index (κ2) is 4.09. The van der Waals surface area contributed by atoms with Crippen molar-refractivity contribution in [3.63, 3.8) is 0 Å². The average Bonchev–Trinajstić information content (AvgIpc) is 2.90. The molecular formula is C15H15N3O. The van der Waals surface area contributed by atoms with Gasteiger partial charge >= 0.3 is 0 Å². The number of aldehydes is 1. The highest BCUT2D eigenvalue weighted by Crippen LogP contribution is 2.26. The molecule has 4 heteroatoms. The number of nitrogens with zero attached hydrogens (tertiary/aromatic N) is 3. The molecule has 3 aromatic rings. The maximum absolute atomic E-state index is 11.0. The van der Waals surface area contributed by atoms with Crippen LogP contribution in [0.15, 0.2) is 30.7 Å². The van der Waals surface area contributed by atoms with Gasteiger partial charge in [-0.05, 0) is 37.1 Å². The van der Waals surface area contributed by atoms with E-state index in [4.69, 9.17) is 0 Å². The second-order valence-electron chi connectivity index (χ2n) is 4.84. The molecule has 19 heavy (non-hydrogen) atoms. The van der Waals surface area contributed by atoms with E-state index < -0.39 is 0 Å². The number of carbonyl (C=O) groups is 1. The Balaban J connectivity index is 2.29. The van der Waals surface area contributed by atoms with Crippen molar-refractivity contribution in [2.75, 3.05) is 0 Å². The van der Waals surface area contributed by atoms with Crippen LogP contribution in [0.5, 0.6) is 0 Å². The monoisotopic (exact) mass is 253 g/mol. The quantitative estimate of drug-likeness (QED) is 0.659. The first-order chi connectivity index (χ1) is 9.11. The number of hydrogen-bond donors (Lipinski definition) is 0. The summed E-state index contributed by atoms with van der Waals surface area (Å²) in [6, 6.07) is 3.63. The zero-order valence-corrected chi connectivity index (χ0v) is 11.2. The van der Waals surface area contributed by atoms with Crippen LogP contribution in [-0.4, -0.2) is 20.2 Å². The average molecular weight is 253 g/mol. The van der Waals surface area contributed by atoms with Crippen LogP contribution >= 0.6 is 0 Å². The number of fused-ring (bicyclic) bond motifs is 1. The highest BCUT2D eigenvalue weighted by atomic mass is 16.1. The minimum atomic E-state index is 0.609. The SMILES string of the molecule is Cc1cn(C)c(-c2cn3cccc(C=O)c3n2)c1C. The molecule has 0 radical (unpaired) electrons. The molecule has 0 aliphatic rings. The molecule has 0 aliphatic heterocycles. The summed E-state index contributed by atoms with van der Waals surface area (Å²) in [6.07, 6.45) is 6.80. The molecule has 96 valence electrons. The molecule has 0 aromatic carbocycles. The highest BCUT2D eigenvalue weighted by Gasteiger charge is 2.14. The van der Waals surface area contributed by atoms with Gasteiger partial charge in [0, 0.05) is 25.6 Å². The van der Waals surface area contributed by atoms with E-state index in [9.17, 15) is 4.79 Å².